The van der Waals surface area contributed by atoms with Crippen LogP contribution in [0, 0.1) is 11.3 Å². The van der Waals surface area contributed by atoms with Gasteiger partial charge in [0.2, 0.25) is 0 Å². The quantitative estimate of drug-likeness (QED) is 0.726. The molecule has 1 aromatic carbocycles. The number of rotatable bonds is 4. The number of piperidine rings is 1. The van der Waals surface area contributed by atoms with Crippen molar-refractivity contribution in [3.05, 3.63) is 35.9 Å². The molecule has 1 aromatic rings. The van der Waals surface area contributed by atoms with E-state index in [9.17, 15) is 14.4 Å². The lowest BCUT2D eigenvalue weighted by Crippen LogP contribution is -2.54. The van der Waals surface area contributed by atoms with Gasteiger partial charge in [0.25, 0.3) is 11.8 Å². The number of likely N-dealkylation sites (tertiary alicyclic amines) is 1. The molecule has 4 amide bonds. The fraction of sp³-hybridized carbons (Fsp3) is 0.625. The zero-order valence-corrected chi connectivity index (χ0v) is 18.8. The van der Waals surface area contributed by atoms with Gasteiger partial charge < -0.3 is 10.6 Å². The third-order valence-electron chi connectivity index (χ3n) is 6.92. The number of carbonyl (C=O) groups is 3. The molecule has 2 heterocycles. The third-order valence-corrected chi connectivity index (χ3v) is 6.92. The van der Waals surface area contributed by atoms with E-state index in [0.717, 1.165) is 32.4 Å². The maximum absolute atomic E-state index is 13.3. The van der Waals surface area contributed by atoms with Crippen LogP contribution >= 0.6 is 0 Å². The molecule has 3 fully saturated rings. The molecule has 2 saturated heterocycles. The van der Waals surface area contributed by atoms with E-state index in [0.29, 0.717) is 31.0 Å². The summed E-state index contributed by atoms with van der Waals surface area (Å²) in [7, 11) is 0. The van der Waals surface area contributed by atoms with Crippen LogP contribution in [-0.4, -0.2) is 59.0 Å². The molecule has 7 nitrogen and oxygen atoms in total. The zero-order valence-electron chi connectivity index (χ0n) is 18.8. The van der Waals surface area contributed by atoms with Crippen LogP contribution in [0.25, 0.3) is 0 Å². The van der Waals surface area contributed by atoms with E-state index < -0.39 is 5.54 Å². The van der Waals surface area contributed by atoms with Gasteiger partial charge in [-0.3, -0.25) is 14.5 Å². The monoisotopic (exact) mass is 426 g/mol. The Kier molecular flexibility index (Phi) is 5.81. The normalized spacial score (nSPS) is 29.3. The standard InChI is InChI=1S/C24H34N4O3/c1-17-13-23(2,3)15-24(14-17)21(30)28(22(31)26-24)16-27-11-9-19(10-12-27)25-20(29)18-7-5-4-6-8-18/h4-8,17,19H,9-16H2,1-3H3,(H,25,29)(H,26,31). The summed E-state index contributed by atoms with van der Waals surface area (Å²) >= 11 is 0. The summed E-state index contributed by atoms with van der Waals surface area (Å²) in [4.78, 5) is 42.0. The number of imide groups is 1. The van der Waals surface area contributed by atoms with Crippen LogP contribution < -0.4 is 10.6 Å². The van der Waals surface area contributed by atoms with Crippen LogP contribution in [0.1, 0.15) is 63.2 Å². The van der Waals surface area contributed by atoms with Crippen LogP contribution in [0.5, 0.6) is 0 Å². The van der Waals surface area contributed by atoms with Crippen molar-refractivity contribution in [2.75, 3.05) is 19.8 Å². The van der Waals surface area contributed by atoms with Crippen molar-refractivity contribution in [3.8, 4) is 0 Å². The van der Waals surface area contributed by atoms with Crippen molar-refractivity contribution in [3.63, 3.8) is 0 Å². The van der Waals surface area contributed by atoms with E-state index in [1.54, 1.807) is 0 Å². The van der Waals surface area contributed by atoms with Gasteiger partial charge >= 0.3 is 6.03 Å². The molecule has 2 unspecified atom stereocenters. The van der Waals surface area contributed by atoms with Gasteiger partial charge in [0, 0.05) is 24.7 Å². The first-order chi connectivity index (χ1) is 14.7. The maximum atomic E-state index is 13.3. The molecule has 3 aliphatic rings. The number of benzene rings is 1. The second-order valence-corrected chi connectivity index (χ2v) is 10.5. The van der Waals surface area contributed by atoms with Crippen molar-refractivity contribution in [1.82, 2.24) is 20.4 Å². The summed E-state index contributed by atoms with van der Waals surface area (Å²) in [6.45, 7) is 8.33. The molecule has 2 N–H and O–H groups in total. The molecule has 4 rings (SSSR count). The fourth-order valence-electron chi connectivity index (χ4n) is 5.91. The third kappa shape index (κ3) is 4.61. The molecule has 2 atom stereocenters. The number of amides is 4. The lowest BCUT2D eigenvalue weighted by Gasteiger charge is -2.44. The van der Waals surface area contributed by atoms with Crippen molar-refractivity contribution in [1.29, 1.82) is 0 Å². The van der Waals surface area contributed by atoms with Crippen molar-refractivity contribution < 1.29 is 14.4 Å². The van der Waals surface area contributed by atoms with Crippen molar-refractivity contribution in [2.24, 2.45) is 11.3 Å². The van der Waals surface area contributed by atoms with E-state index in [1.165, 1.54) is 4.90 Å². The van der Waals surface area contributed by atoms with E-state index in [4.69, 9.17) is 0 Å². The molecule has 0 aromatic heterocycles. The van der Waals surface area contributed by atoms with Crippen LogP contribution in [-0.2, 0) is 4.79 Å². The Hall–Kier alpha value is -2.41. The fourth-order valence-corrected chi connectivity index (χ4v) is 5.91. The zero-order chi connectivity index (χ0) is 22.2. The molecule has 1 spiro atoms. The summed E-state index contributed by atoms with van der Waals surface area (Å²) in [5.74, 6) is 0.276. The summed E-state index contributed by atoms with van der Waals surface area (Å²) in [6, 6.07) is 9.07. The number of nitrogens with one attached hydrogen (secondary N) is 2. The Morgan fingerprint density at radius 3 is 2.45 bits per heavy atom. The smallest absolute Gasteiger partial charge is 0.326 e. The average Bonchev–Trinajstić information content (AvgIpc) is 2.91. The predicted molar refractivity (Wildman–Crippen MR) is 118 cm³/mol. The van der Waals surface area contributed by atoms with Crippen LogP contribution in [0.4, 0.5) is 4.79 Å². The number of hydrogen-bond donors (Lipinski definition) is 2. The van der Waals surface area contributed by atoms with Gasteiger partial charge in [-0.15, -0.1) is 0 Å². The minimum absolute atomic E-state index is 0.0337. The van der Waals surface area contributed by atoms with E-state index in [-0.39, 0.29) is 29.3 Å². The number of nitrogens with zero attached hydrogens (tertiary/aromatic N) is 2. The summed E-state index contributed by atoms with van der Waals surface area (Å²) in [6.07, 6.45) is 4.08. The molecular weight excluding hydrogens is 392 g/mol. The Morgan fingerprint density at radius 2 is 1.81 bits per heavy atom. The van der Waals surface area contributed by atoms with Gasteiger partial charge in [0.05, 0.1) is 6.67 Å². The van der Waals surface area contributed by atoms with Gasteiger partial charge in [-0.05, 0) is 55.6 Å². The molecule has 31 heavy (non-hydrogen) atoms. The van der Waals surface area contributed by atoms with E-state index in [1.807, 2.05) is 30.3 Å². The minimum Gasteiger partial charge on any atom is -0.349 e. The SMILES string of the molecule is CC1CC(C)(C)CC2(C1)NC(=O)N(CN1CCC(NC(=O)c3ccccc3)CC1)C2=O. The van der Waals surface area contributed by atoms with E-state index >= 15 is 0 Å². The average molecular weight is 427 g/mol. The minimum atomic E-state index is -0.750. The lowest BCUT2D eigenvalue weighted by molar-refractivity contribution is -0.136. The second kappa shape index (κ2) is 8.26. The van der Waals surface area contributed by atoms with Crippen LogP contribution in [0.2, 0.25) is 0 Å². The first-order valence-corrected chi connectivity index (χ1v) is 11.4. The van der Waals surface area contributed by atoms with Crippen molar-refractivity contribution in [2.45, 2.75) is 64.5 Å². The van der Waals surface area contributed by atoms with Crippen molar-refractivity contribution >= 4 is 17.8 Å². The summed E-state index contributed by atoms with van der Waals surface area (Å²) in [5.41, 5.74) is -0.0502. The van der Waals surface area contributed by atoms with Gasteiger partial charge in [0.15, 0.2) is 0 Å². The molecule has 7 heteroatoms. The highest BCUT2D eigenvalue weighted by Gasteiger charge is 2.56. The number of hydrogen-bond acceptors (Lipinski definition) is 4. The molecule has 2 aliphatic heterocycles. The molecule has 0 radical (unpaired) electrons. The number of urea groups is 1. The van der Waals surface area contributed by atoms with Crippen LogP contribution in [0.3, 0.4) is 0 Å². The maximum Gasteiger partial charge on any atom is 0.326 e. The summed E-state index contributed by atoms with van der Waals surface area (Å²) < 4.78 is 0. The molecule has 1 saturated carbocycles. The highest BCUT2D eigenvalue weighted by atomic mass is 16.2. The Balaban J connectivity index is 1.32. The molecule has 1 aliphatic carbocycles. The molecule has 0 bridgehead atoms. The second-order valence-electron chi connectivity index (χ2n) is 10.5. The largest absolute Gasteiger partial charge is 0.349 e. The Morgan fingerprint density at radius 1 is 1.13 bits per heavy atom. The van der Waals surface area contributed by atoms with Gasteiger partial charge in [-0.2, -0.15) is 0 Å². The Bertz CT molecular complexity index is 848. The van der Waals surface area contributed by atoms with Gasteiger partial charge in [-0.1, -0.05) is 39.0 Å². The highest BCUT2D eigenvalue weighted by Crippen LogP contribution is 2.46. The first kappa shape index (κ1) is 21.8. The van der Waals surface area contributed by atoms with Crippen LogP contribution in [0.15, 0.2) is 30.3 Å². The number of carbonyl (C=O) groups excluding carboxylic acids is 3. The van der Waals surface area contributed by atoms with E-state index in [2.05, 4.69) is 36.3 Å². The topological polar surface area (TPSA) is 81.8 Å². The predicted octanol–water partition coefficient (Wildman–Crippen LogP) is 2.98. The molecule has 168 valence electrons. The van der Waals surface area contributed by atoms with Gasteiger partial charge in [-0.25, -0.2) is 9.69 Å². The summed E-state index contributed by atoms with van der Waals surface area (Å²) in [5, 5.41) is 6.15. The first-order valence-electron chi connectivity index (χ1n) is 11.4. The lowest BCUT2D eigenvalue weighted by atomic mass is 9.64. The van der Waals surface area contributed by atoms with Gasteiger partial charge in [0.1, 0.15) is 5.54 Å². The Labute approximate surface area is 184 Å². The molecular formula is C24H34N4O3. The highest BCUT2D eigenvalue weighted by molar-refractivity contribution is 6.07.